The Labute approximate surface area is 150 Å². The molecule has 0 radical (unpaired) electrons. The highest BCUT2D eigenvalue weighted by atomic mass is 19.1. The molecule has 0 spiro atoms. The first-order chi connectivity index (χ1) is 12.4. The van der Waals surface area contributed by atoms with Gasteiger partial charge in [0.25, 0.3) is 5.91 Å². The van der Waals surface area contributed by atoms with Crippen molar-refractivity contribution in [3.63, 3.8) is 0 Å². The molecule has 26 heavy (non-hydrogen) atoms. The molecule has 0 unspecified atom stereocenters. The van der Waals surface area contributed by atoms with Crippen molar-refractivity contribution in [2.45, 2.75) is 20.4 Å². The van der Waals surface area contributed by atoms with Crippen molar-refractivity contribution in [2.75, 3.05) is 5.32 Å². The standard InChI is InChI=1S/C20H20FN3O2/c1-12(2)19(25)23-14-8-6-13(7-9-14)11-22-20(26)18-10-15-16(21)4-3-5-17(15)24-18/h3-10,12,24H,11H2,1-2H3,(H,22,26)(H,23,25). The quantitative estimate of drug-likeness (QED) is 0.652. The number of carbonyl (C=O) groups is 2. The van der Waals surface area contributed by atoms with Crippen LogP contribution < -0.4 is 10.6 Å². The number of benzene rings is 2. The Balaban J connectivity index is 1.62. The summed E-state index contributed by atoms with van der Waals surface area (Å²) in [7, 11) is 0. The first-order valence-corrected chi connectivity index (χ1v) is 8.39. The van der Waals surface area contributed by atoms with Crippen LogP contribution in [0.1, 0.15) is 29.9 Å². The second-order valence-corrected chi connectivity index (χ2v) is 6.41. The normalized spacial score (nSPS) is 10.9. The molecule has 0 saturated heterocycles. The van der Waals surface area contributed by atoms with Gasteiger partial charge in [0, 0.05) is 29.1 Å². The van der Waals surface area contributed by atoms with Gasteiger partial charge in [0.15, 0.2) is 0 Å². The van der Waals surface area contributed by atoms with Gasteiger partial charge in [-0.2, -0.15) is 0 Å². The second kappa shape index (κ2) is 7.39. The molecule has 1 aromatic heterocycles. The Morgan fingerprint density at radius 1 is 1.12 bits per heavy atom. The van der Waals surface area contributed by atoms with Crippen molar-refractivity contribution >= 4 is 28.4 Å². The number of hydrogen-bond acceptors (Lipinski definition) is 2. The van der Waals surface area contributed by atoms with Gasteiger partial charge in [-0.1, -0.05) is 32.0 Å². The smallest absolute Gasteiger partial charge is 0.267 e. The average Bonchev–Trinajstić information content (AvgIpc) is 3.06. The van der Waals surface area contributed by atoms with Gasteiger partial charge < -0.3 is 15.6 Å². The van der Waals surface area contributed by atoms with Crippen molar-refractivity contribution in [1.29, 1.82) is 0 Å². The van der Waals surface area contributed by atoms with E-state index >= 15 is 0 Å². The number of H-pyrrole nitrogens is 1. The summed E-state index contributed by atoms with van der Waals surface area (Å²) in [5.74, 6) is -0.804. The third kappa shape index (κ3) is 3.91. The Morgan fingerprint density at radius 3 is 2.50 bits per heavy atom. The van der Waals surface area contributed by atoms with Crippen LogP contribution in [0.5, 0.6) is 0 Å². The predicted molar refractivity (Wildman–Crippen MR) is 99.3 cm³/mol. The monoisotopic (exact) mass is 353 g/mol. The van der Waals surface area contributed by atoms with E-state index in [2.05, 4.69) is 15.6 Å². The summed E-state index contributed by atoms with van der Waals surface area (Å²) in [6.07, 6.45) is 0. The minimum absolute atomic E-state index is 0.0444. The summed E-state index contributed by atoms with van der Waals surface area (Å²) >= 11 is 0. The molecule has 0 aliphatic carbocycles. The van der Waals surface area contributed by atoms with Crippen LogP contribution in [0.4, 0.5) is 10.1 Å². The van der Waals surface area contributed by atoms with Crippen LogP contribution >= 0.6 is 0 Å². The molecule has 2 amide bonds. The summed E-state index contributed by atoms with van der Waals surface area (Å²) in [5.41, 5.74) is 2.50. The Hall–Kier alpha value is -3.15. The molecule has 0 fully saturated rings. The first kappa shape index (κ1) is 17.7. The van der Waals surface area contributed by atoms with Gasteiger partial charge in [-0.05, 0) is 35.9 Å². The van der Waals surface area contributed by atoms with Crippen molar-refractivity contribution < 1.29 is 14.0 Å². The average molecular weight is 353 g/mol. The molecule has 0 atom stereocenters. The fourth-order valence-corrected chi connectivity index (χ4v) is 2.51. The number of aromatic nitrogens is 1. The van der Waals surface area contributed by atoms with Gasteiger partial charge in [-0.15, -0.1) is 0 Å². The number of amides is 2. The van der Waals surface area contributed by atoms with E-state index in [-0.39, 0.29) is 23.5 Å². The first-order valence-electron chi connectivity index (χ1n) is 8.39. The van der Waals surface area contributed by atoms with Crippen molar-refractivity contribution in [1.82, 2.24) is 10.3 Å². The molecule has 3 rings (SSSR count). The van der Waals surface area contributed by atoms with Gasteiger partial charge in [0.05, 0.1) is 0 Å². The zero-order valence-corrected chi connectivity index (χ0v) is 14.6. The summed E-state index contributed by atoms with van der Waals surface area (Å²) in [6, 6.07) is 13.4. The largest absolute Gasteiger partial charge is 0.350 e. The Morgan fingerprint density at radius 2 is 1.85 bits per heavy atom. The van der Waals surface area contributed by atoms with Crippen LogP contribution in [0.25, 0.3) is 10.9 Å². The number of anilines is 1. The molecule has 6 heteroatoms. The minimum atomic E-state index is -0.364. The lowest BCUT2D eigenvalue weighted by Crippen LogP contribution is -2.23. The number of halogens is 1. The number of fused-ring (bicyclic) bond motifs is 1. The van der Waals surface area contributed by atoms with Crippen LogP contribution in [0.3, 0.4) is 0 Å². The molecular weight excluding hydrogens is 333 g/mol. The third-order valence-electron chi connectivity index (χ3n) is 4.05. The lowest BCUT2D eigenvalue weighted by molar-refractivity contribution is -0.118. The maximum Gasteiger partial charge on any atom is 0.267 e. The number of rotatable bonds is 5. The van der Waals surface area contributed by atoms with E-state index in [0.29, 0.717) is 28.8 Å². The number of hydrogen-bond donors (Lipinski definition) is 3. The van der Waals surface area contributed by atoms with Gasteiger partial charge in [0.1, 0.15) is 11.5 Å². The van der Waals surface area contributed by atoms with Crippen LogP contribution in [0, 0.1) is 11.7 Å². The fraction of sp³-hybridized carbons (Fsp3) is 0.200. The van der Waals surface area contributed by atoms with Crippen molar-refractivity contribution in [3.8, 4) is 0 Å². The highest BCUT2D eigenvalue weighted by molar-refractivity contribution is 5.98. The van der Waals surface area contributed by atoms with E-state index in [4.69, 9.17) is 0 Å². The number of aromatic amines is 1. The highest BCUT2D eigenvalue weighted by Crippen LogP contribution is 2.18. The maximum absolute atomic E-state index is 13.7. The van der Waals surface area contributed by atoms with Crippen LogP contribution in [0.2, 0.25) is 0 Å². The molecule has 0 aliphatic rings. The van der Waals surface area contributed by atoms with Crippen molar-refractivity contribution in [3.05, 3.63) is 65.6 Å². The highest BCUT2D eigenvalue weighted by Gasteiger charge is 2.11. The Kier molecular flexibility index (Phi) is 5.02. The van der Waals surface area contributed by atoms with Crippen molar-refractivity contribution in [2.24, 2.45) is 5.92 Å². The molecule has 5 nitrogen and oxygen atoms in total. The molecule has 1 heterocycles. The molecule has 0 bridgehead atoms. The van der Waals surface area contributed by atoms with E-state index < -0.39 is 0 Å². The second-order valence-electron chi connectivity index (χ2n) is 6.41. The lowest BCUT2D eigenvalue weighted by Gasteiger charge is -2.09. The van der Waals surface area contributed by atoms with E-state index in [1.165, 1.54) is 12.1 Å². The molecular formula is C20H20FN3O2. The van der Waals surface area contributed by atoms with Crippen LogP contribution in [-0.4, -0.2) is 16.8 Å². The molecule has 134 valence electrons. The summed E-state index contributed by atoms with van der Waals surface area (Å²) in [4.78, 5) is 26.8. The minimum Gasteiger partial charge on any atom is -0.350 e. The van der Waals surface area contributed by atoms with Gasteiger partial charge in [-0.25, -0.2) is 4.39 Å². The predicted octanol–water partition coefficient (Wildman–Crippen LogP) is 3.83. The van der Waals surface area contributed by atoms with E-state index in [1.54, 1.807) is 24.3 Å². The van der Waals surface area contributed by atoms with E-state index in [9.17, 15) is 14.0 Å². The van der Waals surface area contributed by atoms with Crippen LogP contribution in [-0.2, 0) is 11.3 Å². The van der Waals surface area contributed by atoms with Gasteiger partial charge in [0.2, 0.25) is 5.91 Å². The molecule has 3 aromatic rings. The van der Waals surface area contributed by atoms with Gasteiger partial charge >= 0.3 is 0 Å². The fourth-order valence-electron chi connectivity index (χ4n) is 2.51. The number of nitrogens with one attached hydrogen (secondary N) is 3. The van der Waals surface area contributed by atoms with E-state index in [0.717, 1.165) is 5.56 Å². The Bertz CT molecular complexity index is 945. The zero-order valence-electron chi connectivity index (χ0n) is 14.6. The molecule has 0 aliphatic heterocycles. The van der Waals surface area contributed by atoms with Gasteiger partial charge in [-0.3, -0.25) is 9.59 Å². The van der Waals surface area contributed by atoms with E-state index in [1.807, 2.05) is 26.0 Å². The molecule has 3 N–H and O–H groups in total. The van der Waals surface area contributed by atoms with Crippen LogP contribution in [0.15, 0.2) is 48.5 Å². The third-order valence-corrected chi connectivity index (χ3v) is 4.05. The summed E-state index contributed by atoms with van der Waals surface area (Å²) < 4.78 is 13.7. The topological polar surface area (TPSA) is 74.0 Å². The molecule has 0 saturated carbocycles. The SMILES string of the molecule is CC(C)C(=O)Nc1ccc(CNC(=O)c2cc3c(F)cccc3[nH]2)cc1. The summed E-state index contributed by atoms with van der Waals surface area (Å²) in [6.45, 7) is 3.99. The lowest BCUT2D eigenvalue weighted by atomic mass is 10.1. The maximum atomic E-state index is 13.7. The molecule has 2 aromatic carbocycles. The zero-order chi connectivity index (χ0) is 18.7. The summed E-state index contributed by atoms with van der Waals surface area (Å²) in [5, 5.41) is 6.00. The number of carbonyl (C=O) groups excluding carboxylic acids is 2.